The molecule has 0 fully saturated rings. The number of nitrogen functional groups attached to an aromatic ring is 1. The van der Waals surface area contributed by atoms with E-state index in [1.54, 1.807) is 25.3 Å². The maximum absolute atomic E-state index is 11.9. The molecule has 9 nitrogen and oxygen atoms in total. The number of nitrogens with one attached hydrogen (secondary N) is 1. The van der Waals surface area contributed by atoms with Crippen LogP contribution in [0.15, 0.2) is 28.7 Å². The molecule has 30 heavy (non-hydrogen) atoms. The highest BCUT2D eigenvalue weighted by atomic mass is 79.9. The summed E-state index contributed by atoms with van der Waals surface area (Å²) >= 11 is 3.46. The van der Waals surface area contributed by atoms with Crippen LogP contribution in [-0.4, -0.2) is 41.1 Å². The summed E-state index contributed by atoms with van der Waals surface area (Å²) in [4.78, 5) is 15.3. The van der Waals surface area contributed by atoms with E-state index in [2.05, 4.69) is 37.5 Å². The van der Waals surface area contributed by atoms with Gasteiger partial charge in [-0.3, -0.25) is 4.79 Å². The van der Waals surface area contributed by atoms with Gasteiger partial charge in [-0.25, -0.2) is 0 Å². The molecule has 156 valence electrons. The number of aromatic nitrogens is 3. The Bertz CT molecular complexity index is 1140. The smallest absolute Gasteiger partial charge is 0.221 e. The van der Waals surface area contributed by atoms with Gasteiger partial charge in [-0.2, -0.15) is 5.26 Å². The van der Waals surface area contributed by atoms with Gasteiger partial charge in [0.2, 0.25) is 5.91 Å². The van der Waals surface area contributed by atoms with Gasteiger partial charge in [0, 0.05) is 36.2 Å². The van der Waals surface area contributed by atoms with Crippen LogP contribution >= 0.6 is 15.9 Å². The third kappa shape index (κ3) is 4.31. The second-order valence-corrected chi connectivity index (χ2v) is 7.42. The zero-order valence-corrected chi connectivity index (χ0v) is 18.5. The number of ether oxygens (including phenoxy) is 1. The van der Waals surface area contributed by atoms with E-state index in [9.17, 15) is 4.79 Å². The number of carbonyl (C=O) groups excluding carboxylic acids is 1. The summed E-state index contributed by atoms with van der Waals surface area (Å²) in [6, 6.07) is 9.23. The molecular weight excluding hydrogens is 450 g/mol. The number of hydrogen-bond donors (Lipinski definition) is 2. The molecule has 1 aromatic heterocycles. The van der Waals surface area contributed by atoms with Crippen molar-refractivity contribution in [2.45, 2.75) is 20.3 Å². The predicted molar refractivity (Wildman–Crippen MR) is 120 cm³/mol. The number of halogens is 1. The van der Waals surface area contributed by atoms with E-state index in [1.165, 1.54) is 11.7 Å². The quantitative estimate of drug-likeness (QED) is 0.505. The average molecular weight is 472 g/mol. The normalized spacial score (nSPS) is 10.6. The molecule has 2 aromatic carbocycles. The molecule has 3 aromatic rings. The molecule has 0 saturated heterocycles. The number of nitriles is 1. The van der Waals surface area contributed by atoms with Gasteiger partial charge in [0.05, 0.1) is 31.0 Å². The van der Waals surface area contributed by atoms with Crippen LogP contribution in [0.2, 0.25) is 0 Å². The van der Waals surface area contributed by atoms with E-state index in [0.29, 0.717) is 53.4 Å². The predicted octanol–water partition coefficient (Wildman–Crippen LogP) is 3.47. The number of amides is 1. The first-order chi connectivity index (χ1) is 14.4. The van der Waals surface area contributed by atoms with Gasteiger partial charge in [-0.15, -0.1) is 15.0 Å². The lowest BCUT2D eigenvalue weighted by Gasteiger charge is -2.25. The van der Waals surface area contributed by atoms with Crippen molar-refractivity contribution in [2.24, 2.45) is 0 Å². The van der Waals surface area contributed by atoms with Crippen LogP contribution in [0.3, 0.4) is 0 Å². The second-order valence-electron chi connectivity index (χ2n) is 6.57. The van der Waals surface area contributed by atoms with Gasteiger partial charge in [-0.05, 0) is 41.1 Å². The standard InChI is InChI=1S/C20H22BrN7O2/c1-4-27(7-5-6-22)18-10-15(24-12(2)29)17(11-19(18)30-3)28-25-16-9-13(23)8-14(21)20(16)26-28/h8-11H,4-5,7,23H2,1-3H3,(H,24,29). The first kappa shape index (κ1) is 21.4. The average Bonchev–Trinajstić information content (AvgIpc) is 3.12. The van der Waals surface area contributed by atoms with Crippen molar-refractivity contribution < 1.29 is 9.53 Å². The Balaban J connectivity index is 2.19. The number of fused-ring (bicyclic) bond motifs is 1. The third-order valence-electron chi connectivity index (χ3n) is 4.50. The first-order valence-corrected chi connectivity index (χ1v) is 10.1. The molecule has 0 radical (unpaired) electrons. The van der Waals surface area contributed by atoms with Crippen molar-refractivity contribution in [3.8, 4) is 17.5 Å². The Kier molecular flexibility index (Phi) is 6.42. The number of nitrogens with zero attached hydrogens (tertiary/aromatic N) is 5. The maximum atomic E-state index is 11.9. The van der Waals surface area contributed by atoms with Gasteiger partial charge < -0.3 is 20.7 Å². The van der Waals surface area contributed by atoms with Gasteiger partial charge in [0.25, 0.3) is 0 Å². The van der Waals surface area contributed by atoms with E-state index >= 15 is 0 Å². The lowest BCUT2D eigenvalue weighted by molar-refractivity contribution is -0.114. The van der Waals surface area contributed by atoms with Crippen LogP contribution in [-0.2, 0) is 4.79 Å². The largest absolute Gasteiger partial charge is 0.494 e. The fraction of sp³-hybridized carbons (Fsp3) is 0.300. The van der Waals surface area contributed by atoms with Crippen molar-refractivity contribution in [1.82, 2.24) is 15.0 Å². The van der Waals surface area contributed by atoms with Gasteiger partial charge in [-0.1, -0.05) is 0 Å². The Morgan fingerprint density at radius 1 is 1.37 bits per heavy atom. The minimum absolute atomic E-state index is 0.227. The number of anilines is 3. The van der Waals surface area contributed by atoms with E-state index in [0.717, 1.165) is 10.2 Å². The molecule has 0 spiro atoms. The molecule has 0 aliphatic rings. The summed E-state index contributed by atoms with van der Waals surface area (Å²) in [6.07, 6.45) is 0.371. The number of nitrogens with two attached hydrogens (primary N) is 1. The van der Waals surface area contributed by atoms with E-state index in [4.69, 9.17) is 15.7 Å². The van der Waals surface area contributed by atoms with Crippen molar-refractivity contribution >= 4 is 49.9 Å². The van der Waals surface area contributed by atoms with E-state index < -0.39 is 0 Å². The van der Waals surface area contributed by atoms with Gasteiger partial charge >= 0.3 is 0 Å². The Morgan fingerprint density at radius 3 is 2.77 bits per heavy atom. The van der Waals surface area contributed by atoms with Crippen LogP contribution < -0.4 is 20.7 Å². The Labute approximate surface area is 182 Å². The topological polar surface area (TPSA) is 122 Å². The van der Waals surface area contributed by atoms with Crippen LogP contribution in [0.25, 0.3) is 16.7 Å². The van der Waals surface area contributed by atoms with Crippen LogP contribution in [0.5, 0.6) is 5.75 Å². The number of carbonyl (C=O) groups is 1. The third-order valence-corrected chi connectivity index (χ3v) is 5.11. The maximum Gasteiger partial charge on any atom is 0.221 e. The monoisotopic (exact) mass is 471 g/mol. The molecule has 1 heterocycles. The molecular formula is C20H22BrN7O2. The molecule has 0 aliphatic carbocycles. The van der Waals surface area contributed by atoms with Crippen molar-refractivity contribution in [1.29, 1.82) is 5.26 Å². The summed E-state index contributed by atoms with van der Waals surface area (Å²) in [5.74, 6) is 0.355. The zero-order chi connectivity index (χ0) is 21.8. The summed E-state index contributed by atoms with van der Waals surface area (Å²) in [7, 11) is 1.57. The summed E-state index contributed by atoms with van der Waals surface area (Å²) < 4.78 is 6.34. The van der Waals surface area contributed by atoms with E-state index in [1.807, 2.05) is 17.9 Å². The van der Waals surface area contributed by atoms with Crippen molar-refractivity contribution in [3.05, 3.63) is 28.7 Å². The summed E-state index contributed by atoms with van der Waals surface area (Å²) in [5.41, 5.74) is 9.57. The molecule has 10 heteroatoms. The highest BCUT2D eigenvalue weighted by Gasteiger charge is 2.19. The van der Waals surface area contributed by atoms with Crippen LogP contribution in [0.1, 0.15) is 20.3 Å². The fourth-order valence-electron chi connectivity index (χ4n) is 3.16. The minimum atomic E-state index is -0.227. The molecule has 0 unspecified atom stereocenters. The first-order valence-electron chi connectivity index (χ1n) is 9.31. The van der Waals surface area contributed by atoms with Gasteiger partial charge in [0.1, 0.15) is 22.5 Å². The molecule has 3 rings (SSSR count). The molecule has 1 amide bonds. The minimum Gasteiger partial charge on any atom is -0.494 e. The summed E-state index contributed by atoms with van der Waals surface area (Å²) in [6.45, 7) is 4.64. The van der Waals surface area contributed by atoms with Crippen molar-refractivity contribution in [2.75, 3.05) is 36.1 Å². The number of rotatable bonds is 7. The van der Waals surface area contributed by atoms with Crippen LogP contribution in [0.4, 0.5) is 17.1 Å². The SMILES string of the molecule is CCN(CCC#N)c1cc(NC(C)=O)c(-n2nc3cc(N)cc(Br)c3n2)cc1OC. The van der Waals surface area contributed by atoms with Gasteiger partial charge in [0.15, 0.2) is 0 Å². The van der Waals surface area contributed by atoms with Crippen LogP contribution in [0, 0.1) is 11.3 Å². The van der Waals surface area contributed by atoms with E-state index in [-0.39, 0.29) is 5.91 Å². The Morgan fingerprint density at radius 2 is 2.13 bits per heavy atom. The number of hydrogen-bond acceptors (Lipinski definition) is 7. The molecule has 0 aliphatic heterocycles. The molecule has 3 N–H and O–H groups in total. The lowest BCUT2D eigenvalue weighted by atomic mass is 10.2. The zero-order valence-electron chi connectivity index (χ0n) is 16.9. The number of benzene rings is 2. The second kappa shape index (κ2) is 9.00. The molecule has 0 atom stereocenters. The highest BCUT2D eigenvalue weighted by Crippen LogP contribution is 2.37. The molecule has 0 saturated carbocycles. The Hall–Kier alpha value is -3.32. The fourth-order valence-corrected chi connectivity index (χ4v) is 3.71. The van der Waals surface area contributed by atoms with Crippen molar-refractivity contribution in [3.63, 3.8) is 0 Å². The highest BCUT2D eigenvalue weighted by molar-refractivity contribution is 9.10. The lowest BCUT2D eigenvalue weighted by Crippen LogP contribution is -2.25. The summed E-state index contributed by atoms with van der Waals surface area (Å²) in [5, 5.41) is 20.9. The molecule has 0 bridgehead atoms. The number of methoxy groups -OCH3 is 1.